The maximum Gasteiger partial charge on any atom is 0.332 e. The van der Waals surface area contributed by atoms with Gasteiger partial charge in [0.1, 0.15) is 6.04 Å². The van der Waals surface area contributed by atoms with Crippen molar-refractivity contribution in [3.8, 4) is 5.75 Å². The molecule has 2 fully saturated rings. The summed E-state index contributed by atoms with van der Waals surface area (Å²) in [6.45, 7) is 0.240. The third-order valence-electron chi connectivity index (χ3n) is 4.70. The second kappa shape index (κ2) is 6.62. The molecule has 0 bridgehead atoms. The lowest BCUT2D eigenvalue weighted by Gasteiger charge is -2.30. The van der Waals surface area contributed by atoms with Crippen LogP contribution >= 0.6 is 0 Å². The summed E-state index contributed by atoms with van der Waals surface area (Å²) in [6.07, 6.45) is 0.574. The predicted octanol–water partition coefficient (Wildman–Crippen LogP) is 1.32. The molecule has 3 rings (SSSR count). The lowest BCUT2D eigenvalue weighted by molar-refractivity contribution is -0.385. The molecule has 3 amide bonds. The Morgan fingerprint density at radius 3 is 2.65 bits per heavy atom. The monoisotopic (exact) mass is 363 g/mol. The minimum atomic E-state index is -0.776. The Bertz CT molecular complexity index is 794. The van der Waals surface area contributed by atoms with Crippen LogP contribution in [-0.2, 0) is 14.3 Å². The molecule has 10 nitrogen and oxygen atoms in total. The number of nitrogens with zero attached hydrogens (tertiary/aromatic N) is 3. The van der Waals surface area contributed by atoms with E-state index in [4.69, 9.17) is 9.47 Å². The highest BCUT2D eigenvalue weighted by Gasteiger charge is 2.50. The number of ether oxygens (including phenoxy) is 2. The van der Waals surface area contributed by atoms with Crippen molar-refractivity contribution in [1.82, 2.24) is 4.90 Å². The quantitative estimate of drug-likeness (QED) is 0.342. The number of nitro groups is 1. The number of carbonyl (C=O) groups excluding carboxylic acids is 3. The van der Waals surface area contributed by atoms with Crippen molar-refractivity contribution in [2.45, 2.75) is 18.9 Å². The number of carbonyl (C=O) groups is 3. The minimum absolute atomic E-state index is 0.0290. The normalized spacial score (nSPS) is 22.2. The van der Waals surface area contributed by atoms with Crippen molar-refractivity contribution in [2.75, 3.05) is 25.7 Å². The van der Waals surface area contributed by atoms with Gasteiger partial charge in [-0.3, -0.25) is 19.7 Å². The van der Waals surface area contributed by atoms with Crippen molar-refractivity contribution < 1.29 is 28.8 Å². The number of hydrogen-bond acceptors (Lipinski definition) is 7. The molecule has 0 saturated carbocycles. The summed E-state index contributed by atoms with van der Waals surface area (Å²) < 4.78 is 9.66. The Morgan fingerprint density at radius 2 is 2.04 bits per heavy atom. The Hall–Kier alpha value is -3.17. The Morgan fingerprint density at radius 1 is 1.31 bits per heavy atom. The van der Waals surface area contributed by atoms with Crippen LogP contribution in [-0.4, -0.2) is 54.5 Å². The number of esters is 1. The van der Waals surface area contributed by atoms with Gasteiger partial charge in [-0.1, -0.05) is 0 Å². The van der Waals surface area contributed by atoms with Crippen LogP contribution in [0.25, 0.3) is 0 Å². The van der Waals surface area contributed by atoms with Crippen LogP contribution in [0.2, 0.25) is 0 Å². The maximum atomic E-state index is 12.8. The zero-order chi connectivity index (χ0) is 19.0. The van der Waals surface area contributed by atoms with Gasteiger partial charge in [0.2, 0.25) is 0 Å². The van der Waals surface area contributed by atoms with Crippen LogP contribution in [0.4, 0.5) is 16.2 Å². The van der Waals surface area contributed by atoms with E-state index in [0.717, 1.165) is 11.0 Å². The van der Waals surface area contributed by atoms with E-state index in [1.807, 2.05) is 0 Å². The number of anilines is 1. The zero-order valence-electron chi connectivity index (χ0n) is 14.2. The molecule has 0 spiro atoms. The van der Waals surface area contributed by atoms with Gasteiger partial charge in [-0.2, -0.15) is 0 Å². The van der Waals surface area contributed by atoms with Crippen molar-refractivity contribution in [2.24, 2.45) is 5.92 Å². The molecular formula is C16H17N3O7. The molecule has 2 unspecified atom stereocenters. The van der Waals surface area contributed by atoms with Crippen LogP contribution in [0, 0.1) is 16.0 Å². The SMILES string of the molecule is COC(=O)C1CCN2C(=O)N(c3ccc(OC)c([N+](=O)[O-])c3)C(=O)C2C1. The summed E-state index contributed by atoms with van der Waals surface area (Å²) in [7, 11) is 2.57. The summed E-state index contributed by atoms with van der Waals surface area (Å²) in [5.74, 6) is -1.35. The third kappa shape index (κ3) is 2.72. The minimum Gasteiger partial charge on any atom is -0.490 e. The number of hydrogen-bond donors (Lipinski definition) is 0. The molecular weight excluding hydrogens is 346 g/mol. The van der Waals surface area contributed by atoms with Crippen molar-refractivity contribution in [3.63, 3.8) is 0 Å². The summed E-state index contributed by atoms with van der Waals surface area (Å²) in [6, 6.07) is 2.55. The van der Waals surface area contributed by atoms with E-state index in [-0.39, 0.29) is 30.1 Å². The number of fused-ring (bicyclic) bond motifs is 1. The molecule has 1 aromatic rings. The summed E-state index contributed by atoms with van der Waals surface area (Å²) in [4.78, 5) is 50.0. The number of amides is 3. The van der Waals surface area contributed by atoms with Gasteiger partial charge >= 0.3 is 17.7 Å². The molecule has 0 N–H and O–H groups in total. The van der Waals surface area contributed by atoms with Gasteiger partial charge in [0.15, 0.2) is 5.75 Å². The van der Waals surface area contributed by atoms with Gasteiger partial charge in [-0.05, 0) is 25.0 Å². The Balaban J connectivity index is 1.92. The number of nitro benzene ring substituents is 1. The topological polar surface area (TPSA) is 119 Å². The molecule has 1 aromatic carbocycles. The molecule has 2 saturated heterocycles. The molecule has 26 heavy (non-hydrogen) atoms. The first-order valence-corrected chi connectivity index (χ1v) is 7.93. The van der Waals surface area contributed by atoms with Gasteiger partial charge < -0.3 is 14.4 Å². The number of benzene rings is 1. The first-order chi connectivity index (χ1) is 12.4. The van der Waals surface area contributed by atoms with Gasteiger partial charge in [0, 0.05) is 12.6 Å². The first kappa shape index (κ1) is 17.6. The fraction of sp³-hybridized carbons (Fsp3) is 0.438. The molecule has 0 radical (unpaired) electrons. The second-order valence-corrected chi connectivity index (χ2v) is 6.02. The third-order valence-corrected chi connectivity index (χ3v) is 4.70. The smallest absolute Gasteiger partial charge is 0.332 e. The highest BCUT2D eigenvalue weighted by atomic mass is 16.6. The fourth-order valence-corrected chi connectivity index (χ4v) is 3.38. The van der Waals surface area contributed by atoms with E-state index in [2.05, 4.69) is 0 Å². The molecule has 138 valence electrons. The Kier molecular flexibility index (Phi) is 4.49. The van der Waals surface area contributed by atoms with Gasteiger partial charge in [0.25, 0.3) is 5.91 Å². The average Bonchev–Trinajstić information content (AvgIpc) is 2.90. The molecule has 0 aromatic heterocycles. The van der Waals surface area contributed by atoms with Crippen LogP contribution in [0.15, 0.2) is 18.2 Å². The van der Waals surface area contributed by atoms with Crippen molar-refractivity contribution in [1.29, 1.82) is 0 Å². The molecule has 2 atom stereocenters. The number of urea groups is 1. The van der Waals surface area contributed by atoms with Crippen LogP contribution < -0.4 is 9.64 Å². The number of piperidine rings is 1. The molecule has 2 aliphatic rings. The number of rotatable bonds is 4. The predicted molar refractivity (Wildman–Crippen MR) is 87.8 cm³/mol. The van der Waals surface area contributed by atoms with E-state index in [0.29, 0.717) is 6.42 Å². The fourth-order valence-electron chi connectivity index (χ4n) is 3.38. The van der Waals surface area contributed by atoms with Gasteiger partial charge in [-0.25, -0.2) is 9.69 Å². The van der Waals surface area contributed by atoms with Crippen LogP contribution in [0.5, 0.6) is 5.75 Å². The standard InChI is InChI=1S/C16H17N3O7/c1-25-13-4-3-10(8-11(13)19(23)24)18-14(20)12-7-9(15(21)26-2)5-6-17(12)16(18)22/h3-4,8-9,12H,5-7H2,1-2H3. The van der Waals surface area contributed by atoms with Crippen molar-refractivity contribution >= 4 is 29.3 Å². The second-order valence-electron chi connectivity index (χ2n) is 6.02. The average molecular weight is 363 g/mol. The first-order valence-electron chi connectivity index (χ1n) is 7.93. The van der Waals surface area contributed by atoms with Gasteiger partial charge in [-0.15, -0.1) is 0 Å². The largest absolute Gasteiger partial charge is 0.490 e. The van der Waals surface area contributed by atoms with E-state index in [1.54, 1.807) is 0 Å². The number of imide groups is 1. The van der Waals surface area contributed by atoms with E-state index in [9.17, 15) is 24.5 Å². The van der Waals surface area contributed by atoms with E-state index >= 15 is 0 Å². The lowest BCUT2D eigenvalue weighted by atomic mass is 9.91. The summed E-state index contributed by atoms with van der Waals surface area (Å²) in [5.41, 5.74) is -0.251. The number of methoxy groups -OCH3 is 2. The lowest BCUT2D eigenvalue weighted by Crippen LogP contribution is -2.44. The van der Waals surface area contributed by atoms with Gasteiger partial charge in [0.05, 0.1) is 30.7 Å². The molecule has 0 aliphatic carbocycles. The van der Waals surface area contributed by atoms with E-state index in [1.165, 1.54) is 31.3 Å². The molecule has 2 heterocycles. The highest BCUT2D eigenvalue weighted by molar-refractivity contribution is 6.21. The summed E-state index contributed by atoms with van der Waals surface area (Å²) in [5, 5.41) is 11.2. The Labute approximate surface area is 148 Å². The van der Waals surface area contributed by atoms with Crippen LogP contribution in [0.3, 0.4) is 0 Å². The zero-order valence-corrected chi connectivity index (χ0v) is 14.2. The summed E-state index contributed by atoms with van der Waals surface area (Å²) >= 11 is 0. The molecule has 2 aliphatic heterocycles. The van der Waals surface area contributed by atoms with Crippen LogP contribution in [0.1, 0.15) is 12.8 Å². The van der Waals surface area contributed by atoms with Crippen molar-refractivity contribution in [3.05, 3.63) is 28.3 Å². The maximum absolute atomic E-state index is 12.8. The highest BCUT2D eigenvalue weighted by Crippen LogP contribution is 2.37. The molecule has 10 heteroatoms. The van der Waals surface area contributed by atoms with E-state index < -0.39 is 34.8 Å².